The summed E-state index contributed by atoms with van der Waals surface area (Å²) in [7, 11) is 1.47. The van der Waals surface area contributed by atoms with Crippen LogP contribution in [0.3, 0.4) is 0 Å². The van der Waals surface area contributed by atoms with E-state index in [1.54, 1.807) is 19.9 Å². The third-order valence-corrected chi connectivity index (χ3v) is 3.01. The number of benzene rings is 1. The van der Waals surface area contributed by atoms with Crippen molar-refractivity contribution in [3.8, 4) is 11.1 Å². The number of aryl methyl sites for hydroxylation is 2. The van der Waals surface area contributed by atoms with Gasteiger partial charge in [-0.25, -0.2) is 0 Å². The number of alkyl halides is 3. The molecule has 0 bridgehead atoms. The fourth-order valence-electron chi connectivity index (χ4n) is 2.13. The molecule has 1 aromatic heterocycles. The first kappa shape index (κ1) is 13.5. The van der Waals surface area contributed by atoms with Crippen molar-refractivity contribution in [1.29, 1.82) is 0 Å². The van der Waals surface area contributed by atoms with Crippen LogP contribution in [0.25, 0.3) is 11.1 Å². The molecule has 0 radical (unpaired) electrons. The summed E-state index contributed by atoms with van der Waals surface area (Å²) in [6.07, 6.45) is -4.39. The Morgan fingerprint density at radius 1 is 1.21 bits per heavy atom. The second-order valence-electron chi connectivity index (χ2n) is 4.32. The fraction of sp³-hybridized carbons (Fsp3) is 0.308. The molecule has 2 rings (SSSR count). The zero-order valence-corrected chi connectivity index (χ0v) is 10.8. The molecule has 19 heavy (non-hydrogen) atoms. The highest BCUT2D eigenvalue weighted by Crippen LogP contribution is 2.38. The molecule has 0 amide bonds. The molecular weight excluding hydrogens is 255 g/mol. The number of H-pyrrole nitrogens is 1. The first-order valence-corrected chi connectivity index (χ1v) is 5.75. The van der Waals surface area contributed by atoms with Gasteiger partial charge in [0.2, 0.25) is 0 Å². The van der Waals surface area contributed by atoms with E-state index in [1.807, 2.05) is 0 Å². The van der Waals surface area contributed by atoms with E-state index in [0.29, 0.717) is 16.8 Å². The van der Waals surface area contributed by atoms with Crippen LogP contribution in [0.1, 0.15) is 17.0 Å². The molecule has 0 aliphatic heterocycles. The van der Waals surface area contributed by atoms with Crippen molar-refractivity contribution in [1.82, 2.24) is 10.2 Å². The number of aromatic nitrogens is 2. The second kappa shape index (κ2) is 4.60. The van der Waals surface area contributed by atoms with Gasteiger partial charge in [-0.1, -0.05) is 6.07 Å². The van der Waals surface area contributed by atoms with Gasteiger partial charge < -0.3 is 5.32 Å². The van der Waals surface area contributed by atoms with Gasteiger partial charge in [0.05, 0.1) is 11.3 Å². The number of aromatic amines is 1. The number of anilines is 1. The van der Waals surface area contributed by atoms with Crippen LogP contribution in [0, 0.1) is 13.8 Å². The van der Waals surface area contributed by atoms with Crippen molar-refractivity contribution < 1.29 is 13.2 Å². The van der Waals surface area contributed by atoms with E-state index < -0.39 is 11.7 Å². The number of nitrogens with zero attached hydrogens (tertiary/aromatic N) is 1. The summed E-state index contributed by atoms with van der Waals surface area (Å²) in [5.41, 5.74) is 2.05. The summed E-state index contributed by atoms with van der Waals surface area (Å²) in [6, 6.07) is 4.24. The molecular formula is C13H14F3N3. The predicted octanol–water partition coefficient (Wildman–Crippen LogP) is 3.75. The lowest BCUT2D eigenvalue weighted by Gasteiger charge is -2.14. The van der Waals surface area contributed by atoms with E-state index in [2.05, 4.69) is 15.5 Å². The van der Waals surface area contributed by atoms with E-state index in [-0.39, 0.29) is 5.69 Å². The molecule has 1 heterocycles. The van der Waals surface area contributed by atoms with Crippen LogP contribution < -0.4 is 5.32 Å². The van der Waals surface area contributed by atoms with Gasteiger partial charge in [-0.3, -0.25) is 5.10 Å². The Morgan fingerprint density at radius 3 is 2.37 bits per heavy atom. The Morgan fingerprint density at radius 2 is 1.89 bits per heavy atom. The van der Waals surface area contributed by atoms with Crippen molar-refractivity contribution in [2.45, 2.75) is 20.0 Å². The summed E-state index contributed by atoms with van der Waals surface area (Å²) in [5, 5.41) is 9.34. The number of hydrogen-bond donors (Lipinski definition) is 2. The maximum atomic E-state index is 13.0. The molecule has 6 heteroatoms. The second-order valence-corrected chi connectivity index (χ2v) is 4.32. The highest BCUT2D eigenvalue weighted by Gasteiger charge is 2.33. The lowest BCUT2D eigenvalue weighted by atomic mass is 10.00. The molecule has 0 saturated heterocycles. The lowest BCUT2D eigenvalue weighted by molar-refractivity contribution is -0.136. The zero-order valence-electron chi connectivity index (χ0n) is 10.8. The van der Waals surface area contributed by atoms with Crippen molar-refractivity contribution >= 4 is 5.69 Å². The van der Waals surface area contributed by atoms with Crippen LogP contribution in [-0.4, -0.2) is 17.2 Å². The molecule has 0 atom stereocenters. The third kappa shape index (κ3) is 2.43. The van der Waals surface area contributed by atoms with E-state index >= 15 is 0 Å². The highest BCUT2D eigenvalue weighted by molar-refractivity contribution is 5.72. The molecule has 0 aliphatic carbocycles. The molecule has 3 nitrogen and oxygen atoms in total. The van der Waals surface area contributed by atoms with Gasteiger partial charge >= 0.3 is 6.18 Å². The van der Waals surface area contributed by atoms with E-state index in [4.69, 9.17) is 0 Å². The molecule has 102 valence electrons. The van der Waals surface area contributed by atoms with Crippen LogP contribution in [-0.2, 0) is 6.18 Å². The molecule has 0 spiro atoms. The maximum absolute atomic E-state index is 13.0. The fourth-order valence-corrected chi connectivity index (χ4v) is 2.13. The number of halogens is 3. The summed E-state index contributed by atoms with van der Waals surface area (Å²) in [6.45, 7) is 3.55. The van der Waals surface area contributed by atoms with E-state index in [9.17, 15) is 13.2 Å². The normalized spacial score (nSPS) is 11.7. The van der Waals surface area contributed by atoms with E-state index in [0.717, 1.165) is 11.8 Å². The van der Waals surface area contributed by atoms with Crippen LogP contribution in [0.4, 0.5) is 18.9 Å². The van der Waals surface area contributed by atoms with E-state index in [1.165, 1.54) is 13.1 Å². The number of nitrogens with one attached hydrogen (secondary N) is 2. The van der Waals surface area contributed by atoms with Crippen LogP contribution >= 0.6 is 0 Å². The van der Waals surface area contributed by atoms with Gasteiger partial charge in [-0.15, -0.1) is 0 Å². The molecule has 0 aliphatic rings. The van der Waals surface area contributed by atoms with Gasteiger partial charge in [-0.05, 0) is 31.5 Å². The Labute approximate surface area is 108 Å². The molecule has 1 aromatic carbocycles. The SMILES string of the molecule is CNc1ccc(-c2c(C)n[nH]c2C)cc1C(F)(F)F. The standard InChI is InChI=1S/C13H14F3N3/c1-7-12(8(2)19-18-7)9-4-5-11(17-3)10(6-9)13(14,15)16/h4-6,17H,1-3H3,(H,18,19). The first-order chi connectivity index (χ1) is 8.84. The highest BCUT2D eigenvalue weighted by atomic mass is 19.4. The number of hydrogen-bond acceptors (Lipinski definition) is 2. The van der Waals surface area contributed by atoms with Crippen molar-refractivity contribution in [3.63, 3.8) is 0 Å². The average Bonchev–Trinajstić information content (AvgIpc) is 2.67. The largest absolute Gasteiger partial charge is 0.418 e. The van der Waals surface area contributed by atoms with Crippen molar-refractivity contribution in [2.24, 2.45) is 0 Å². The summed E-state index contributed by atoms with van der Waals surface area (Å²) < 4.78 is 39.0. The quantitative estimate of drug-likeness (QED) is 0.871. The van der Waals surface area contributed by atoms with Gasteiger partial charge in [-0.2, -0.15) is 18.3 Å². The summed E-state index contributed by atoms with van der Waals surface area (Å²) >= 11 is 0. The minimum atomic E-state index is -4.39. The summed E-state index contributed by atoms with van der Waals surface area (Å²) in [5.74, 6) is 0. The predicted molar refractivity (Wildman–Crippen MR) is 68.0 cm³/mol. The van der Waals surface area contributed by atoms with Gasteiger partial charge in [0.1, 0.15) is 0 Å². The minimum absolute atomic E-state index is 0.0649. The Kier molecular flexibility index (Phi) is 3.26. The van der Waals surface area contributed by atoms with Crippen LogP contribution in [0.2, 0.25) is 0 Å². The minimum Gasteiger partial charge on any atom is -0.388 e. The summed E-state index contributed by atoms with van der Waals surface area (Å²) in [4.78, 5) is 0. The zero-order chi connectivity index (χ0) is 14.2. The molecule has 0 saturated carbocycles. The van der Waals surface area contributed by atoms with Crippen LogP contribution in [0.5, 0.6) is 0 Å². The smallest absolute Gasteiger partial charge is 0.388 e. The monoisotopic (exact) mass is 269 g/mol. The molecule has 0 unspecified atom stereocenters. The van der Waals surface area contributed by atoms with Crippen LogP contribution in [0.15, 0.2) is 18.2 Å². The Bertz CT molecular complexity index is 580. The molecule has 2 aromatic rings. The van der Waals surface area contributed by atoms with Crippen molar-refractivity contribution in [2.75, 3.05) is 12.4 Å². The molecule has 2 N–H and O–H groups in total. The first-order valence-electron chi connectivity index (χ1n) is 5.75. The van der Waals surface area contributed by atoms with Gasteiger partial charge in [0.25, 0.3) is 0 Å². The third-order valence-electron chi connectivity index (χ3n) is 3.01. The maximum Gasteiger partial charge on any atom is 0.418 e. The van der Waals surface area contributed by atoms with Gasteiger partial charge in [0.15, 0.2) is 0 Å². The molecule has 0 fully saturated rings. The Hall–Kier alpha value is -1.98. The topological polar surface area (TPSA) is 40.7 Å². The Balaban J connectivity index is 2.62. The van der Waals surface area contributed by atoms with Crippen molar-refractivity contribution in [3.05, 3.63) is 35.2 Å². The van der Waals surface area contributed by atoms with Gasteiger partial charge in [0, 0.05) is 24.0 Å². The average molecular weight is 269 g/mol. The number of rotatable bonds is 2. The lowest BCUT2D eigenvalue weighted by Crippen LogP contribution is -2.09.